The first-order valence-electron chi connectivity index (χ1n) is 7.80. The highest BCUT2D eigenvalue weighted by Gasteiger charge is 2.25. The Bertz CT molecular complexity index is 704. The summed E-state index contributed by atoms with van der Waals surface area (Å²) in [6.07, 6.45) is 2.73. The molecule has 3 N–H and O–H groups in total. The van der Waals surface area contributed by atoms with Gasteiger partial charge in [0, 0.05) is 24.9 Å². The molecule has 2 atom stereocenters. The van der Waals surface area contributed by atoms with E-state index in [0.717, 1.165) is 44.1 Å². The molecule has 130 valence electrons. The monoisotopic (exact) mass is 336 g/mol. The molecule has 0 bridgehead atoms. The molecule has 1 aromatic carbocycles. The molecule has 0 aliphatic carbocycles. The Morgan fingerprint density at radius 3 is 2.62 bits per heavy atom. The molecule has 2 heterocycles. The molecule has 1 saturated heterocycles. The van der Waals surface area contributed by atoms with E-state index in [0.29, 0.717) is 6.04 Å². The van der Waals surface area contributed by atoms with Crippen LogP contribution in [0.2, 0.25) is 0 Å². The number of carboxylic acid groups (broad SMARTS) is 1. The van der Waals surface area contributed by atoms with Crippen molar-refractivity contribution in [2.75, 3.05) is 6.54 Å². The van der Waals surface area contributed by atoms with E-state index in [1.165, 1.54) is 18.2 Å². The molecule has 0 unspecified atom stereocenters. The molecule has 0 saturated carbocycles. The van der Waals surface area contributed by atoms with Crippen molar-refractivity contribution in [2.45, 2.75) is 38.1 Å². The van der Waals surface area contributed by atoms with E-state index in [-0.39, 0.29) is 17.3 Å². The predicted molar refractivity (Wildman–Crippen MR) is 86.5 cm³/mol. The lowest BCUT2D eigenvalue weighted by molar-refractivity contribution is -0.134. The summed E-state index contributed by atoms with van der Waals surface area (Å²) in [7, 11) is 0. The van der Waals surface area contributed by atoms with Gasteiger partial charge in [-0.2, -0.15) is 5.16 Å². The minimum absolute atomic E-state index is 0.186. The molecule has 6 nitrogen and oxygen atoms in total. The molecule has 1 aliphatic rings. The fraction of sp³-hybridized carbons (Fsp3) is 0.412. The van der Waals surface area contributed by atoms with Gasteiger partial charge in [-0.1, -0.05) is 12.1 Å². The number of hydrogen-bond acceptors (Lipinski definition) is 4. The summed E-state index contributed by atoms with van der Waals surface area (Å²) < 4.78 is 18.1. The van der Waals surface area contributed by atoms with E-state index >= 15 is 0 Å². The number of carboxylic acids is 1. The third-order valence-electron chi connectivity index (χ3n) is 3.84. The first kappa shape index (κ1) is 17.9. The molecule has 7 heteroatoms. The number of benzene rings is 1. The van der Waals surface area contributed by atoms with E-state index < -0.39 is 5.97 Å². The molecule has 1 fully saturated rings. The van der Waals surface area contributed by atoms with Gasteiger partial charge >= 0.3 is 0 Å². The standard InChI is InChI=1S/C15H17FN2O2.C2H4O2/c16-12-3-1-10(2-4-12)7-13-8-11(5-6-17-13)14-9-15(19)18-20-14;1-2(3)4/h1-4,9,11,13,17H,5-8H2,(H,18,19);1H3,(H,3,4)/t11-,13-;/m0./s1. The highest BCUT2D eigenvalue weighted by molar-refractivity contribution is 5.62. The van der Waals surface area contributed by atoms with Gasteiger partial charge in [0.05, 0.1) is 0 Å². The summed E-state index contributed by atoms with van der Waals surface area (Å²) in [5, 5.41) is 13.2. The van der Waals surface area contributed by atoms with E-state index in [4.69, 9.17) is 14.4 Å². The van der Waals surface area contributed by atoms with Crippen LogP contribution in [0.15, 0.2) is 39.6 Å². The lowest BCUT2D eigenvalue weighted by Crippen LogP contribution is -2.38. The molecular formula is C17H21FN2O4. The van der Waals surface area contributed by atoms with Crippen LogP contribution in [-0.4, -0.2) is 28.8 Å². The van der Waals surface area contributed by atoms with Crippen molar-refractivity contribution in [1.82, 2.24) is 10.5 Å². The lowest BCUT2D eigenvalue weighted by Gasteiger charge is -2.29. The van der Waals surface area contributed by atoms with Crippen LogP contribution in [0, 0.1) is 5.82 Å². The highest BCUT2D eigenvalue weighted by atomic mass is 19.1. The topological polar surface area (TPSA) is 95.3 Å². The van der Waals surface area contributed by atoms with Gasteiger partial charge in [0.25, 0.3) is 11.5 Å². The van der Waals surface area contributed by atoms with Crippen molar-refractivity contribution < 1.29 is 18.8 Å². The number of aromatic nitrogens is 1. The average molecular weight is 336 g/mol. The maximum atomic E-state index is 12.9. The highest BCUT2D eigenvalue weighted by Crippen LogP contribution is 2.27. The van der Waals surface area contributed by atoms with Crippen molar-refractivity contribution in [3.63, 3.8) is 0 Å². The average Bonchev–Trinajstić information content (AvgIpc) is 2.96. The van der Waals surface area contributed by atoms with E-state index in [9.17, 15) is 9.18 Å². The SMILES string of the molecule is CC(=O)O.O=c1cc([C@H]2CCN[C@@H](Cc3ccc(F)cc3)C2)o[nH]1. The fourth-order valence-corrected chi connectivity index (χ4v) is 2.82. The number of nitrogens with one attached hydrogen (secondary N) is 2. The molecule has 0 radical (unpaired) electrons. The lowest BCUT2D eigenvalue weighted by atomic mass is 9.87. The number of piperidine rings is 1. The zero-order chi connectivity index (χ0) is 17.5. The number of rotatable bonds is 3. The third kappa shape index (κ3) is 5.66. The summed E-state index contributed by atoms with van der Waals surface area (Å²) >= 11 is 0. The fourth-order valence-electron chi connectivity index (χ4n) is 2.82. The Balaban J connectivity index is 0.000000471. The van der Waals surface area contributed by atoms with Crippen molar-refractivity contribution in [3.05, 3.63) is 57.8 Å². The largest absolute Gasteiger partial charge is 0.481 e. The summed E-state index contributed by atoms with van der Waals surface area (Å²) in [4.78, 5) is 20.1. The maximum absolute atomic E-state index is 12.9. The van der Waals surface area contributed by atoms with Gasteiger partial charge in [-0.3, -0.25) is 9.59 Å². The van der Waals surface area contributed by atoms with Crippen molar-refractivity contribution in [2.24, 2.45) is 0 Å². The molecule has 1 aromatic heterocycles. The third-order valence-corrected chi connectivity index (χ3v) is 3.84. The maximum Gasteiger partial charge on any atom is 0.300 e. The number of aliphatic carboxylic acids is 1. The van der Waals surface area contributed by atoms with E-state index in [1.807, 2.05) is 12.1 Å². The Labute approximate surface area is 138 Å². The first-order valence-corrected chi connectivity index (χ1v) is 7.80. The minimum Gasteiger partial charge on any atom is -0.481 e. The van der Waals surface area contributed by atoms with Gasteiger partial charge in [0.2, 0.25) is 0 Å². The van der Waals surface area contributed by atoms with Gasteiger partial charge < -0.3 is 14.9 Å². The number of H-pyrrole nitrogens is 1. The Morgan fingerprint density at radius 2 is 2.04 bits per heavy atom. The summed E-state index contributed by atoms with van der Waals surface area (Å²) in [5.41, 5.74) is 0.925. The van der Waals surface area contributed by atoms with Gasteiger partial charge in [-0.25, -0.2) is 4.39 Å². The van der Waals surface area contributed by atoms with Gasteiger partial charge in [0.1, 0.15) is 11.6 Å². The summed E-state index contributed by atoms with van der Waals surface area (Å²) in [5.74, 6) is -0.0430. The van der Waals surface area contributed by atoms with Crippen LogP contribution in [0.5, 0.6) is 0 Å². The number of aromatic amines is 1. The molecule has 24 heavy (non-hydrogen) atoms. The number of carbonyl (C=O) groups is 1. The molecule has 1 aliphatic heterocycles. The van der Waals surface area contributed by atoms with Crippen LogP contribution in [0.3, 0.4) is 0 Å². The van der Waals surface area contributed by atoms with E-state index in [2.05, 4.69) is 10.5 Å². The normalized spacial score (nSPS) is 20.1. The van der Waals surface area contributed by atoms with E-state index in [1.54, 1.807) is 0 Å². The number of halogens is 1. The molecular weight excluding hydrogens is 315 g/mol. The molecule has 2 aromatic rings. The van der Waals surface area contributed by atoms with Crippen molar-refractivity contribution in [3.8, 4) is 0 Å². The zero-order valence-electron chi connectivity index (χ0n) is 13.4. The Hall–Kier alpha value is -2.41. The second-order valence-electron chi connectivity index (χ2n) is 5.84. The minimum atomic E-state index is -0.833. The van der Waals surface area contributed by atoms with Crippen LogP contribution < -0.4 is 10.9 Å². The summed E-state index contributed by atoms with van der Waals surface area (Å²) in [6.45, 7) is 1.98. The summed E-state index contributed by atoms with van der Waals surface area (Å²) in [6, 6.07) is 8.46. The molecule has 0 amide bonds. The van der Waals surface area contributed by atoms with Crippen LogP contribution in [0.25, 0.3) is 0 Å². The second kappa shape index (κ2) is 8.44. The number of hydrogen-bond donors (Lipinski definition) is 3. The van der Waals surface area contributed by atoms with Crippen LogP contribution in [0.1, 0.15) is 37.0 Å². The van der Waals surface area contributed by atoms with Crippen molar-refractivity contribution in [1.29, 1.82) is 0 Å². The van der Waals surface area contributed by atoms with Crippen LogP contribution >= 0.6 is 0 Å². The quantitative estimate of drug-likeness (QED) is 0.799. The van der Waals surface area contributed by atoms with Gasteiger partial charge in [-0.15, -0.1) is 0 Å². The van der Waals surface area contributed by atoms with Crippen molar-refractivity contribution >= 4 is 5.97 Å². The van der Waals surface area contributed by atoms with Crippen LogP contribution in [-0.2, 0) is 11.2 Å². The first-order chi connectivity index (χ1) is 11.4. The second-order valence-corrected chi connectivity index (χ2v) is 5.84. The van der Waals surface area contributed by atoms with Gasteiger partial charge in [0.15, 0.2) is 0 Å². The Kier molecular flexibility index (Phi) is 6.31. The molecule has 0 spiro atoms. The molecule has 3 rings (SSSR count). The zero-order valence-corrected chi connectivity index (χ0v) is 13.4. The predicted octanol–water partition coefficient (Wildman–Crippen LogP) is 2.28. The smallest absolute Gasteiger partial charge is 0.300 e. The van der Waals surface area contributed by atoms with Gasteiger partial charge in [-0.05, 0) is 43.5 Å². The van der Waals surface area contributed by atoms with Crippen LogP contribution in [0.4, 0.5) is 4.39 Å². The Morgan fingerprint density at radius 1 is 1.38 bits per heavy atom.